The summed E-state index contributed by atoms with van der Waals surface area (Å²) in [6.45, 7) is 0. The van der Waals surface area contributed by atoms with E-state index in [1.807, 2.05) is 17.5 Å². The van der Waals surface area contributed by atoms with Crippen molar-refractivity contribution < 1.29 is 0 Å². The fraction of sp³-hybridized carbons (Fsp3) is 0. The first-order valence-electron chi connectivity index (χ1n) is 3.34. The summed E-state index contributed by atoms with van der Waals surface area (Å²) in [5.41, 5.74) is 6.66. The lowest BCUT2D eigenvalue weighted by Crippen LogP contribution is -1.86. The van der Waals surface area contributed by atoms with Crippen molar-refractivity contribution in [2.45, 2.75) is 4.90 Å². The Hall–Kier alpha value is -0.190. The smallest absolute Gasteiger partial charge is 0.0640 e. The molecule has 0 fully saturated rings. The number of halogens is 1. The molecule has 1 heterocycles. The number of thiophene rings is 1. The maximum Gasteiger partial charge on any atom is 0.0640 e. The Morgan fingerprint density at radius 3 is 3.00 bits per heavy atom. The van der Waals surface area contributed by atoms with E-state index < -0.39 is 0 Å². The molecule has 0 spiro atoms. The van der Waals surface area contributed by atoms with E-state index in [-0.39, 0.29) is 0 Å². The molecule has 0 aliphatic rings. The highest BCUT2D eigenvalue weighted by Gasteiger charge is 2.06. The third kappa shape index (κ3) is 1.14. The van der Waals surface area contributed by atoms with E-state index in [4.69, 9.17) is 5.73 Å². The van der Waals surface area contributed by atoms with Crippen LogP contribution in [0.2, 0.25) is 0 Å². The van der Waals surface area contributed by atoms with Crippen LogP contribution in [0.3, 0.4) is 0 Å². The molecule has 2 aromatic rings. The highest BCUT2D eigenvalue weighted by atomic mass is 79.9. The van der Waals surface area contributed by atoms with Crippen LogP contribution in [-0.2, 0) is 0 Å². The van der Waals surface area contributed by atoms with Crippen molar-refractivity contribution in [3.8, 4) is 0 Å². The molecule has 0 saturated heterocycles. The van der Waals surface area contributed by atoms with Crippen molar-refractivity contribution in [3.63, 3.8) is 0 Å². The Morgan fingerprint density at radius 1 is 1.50 bits per heavy atom. The lowest BCUT2D eigenvalue weighted by atomic mass is 10.2. The minimum Gasteiger partial charge on any atom is -0.397 e. The van der Waals surface area contributed by atoms with Gasteiger partial charge in [0.15, 0.2) is 0 Å². The van der Waals surface area contributed by atoms with E-state index in [0.717, 1.165) is 25.1 Å². The van der Waals surface area contributed by atoms with Crippen molar-refractivity contribution in [2.75, 3.05) is 5.73 Å². The van der Waals surface area contributed by atoms with Gasteiger partial charge in [0, 0.05) is 14.8 Å². The maximum absolute atomic E-state index is 5.86. The quantitative estimate of drug-likeness (QED) is 0.550. The zero-order valence-corrected chi connectivity index (χ0v) is 9.34. The van der Waals surface area contributed by atoms with Crippen LogP contribution >= 0.6 is 39.9 Å². The molecule has 0 bridgehead atoms. The molecule has 0 amide bonds. The van der Waals surface area contributed by atoms with Crippen LogP contribution in [-0.4, -0.2) is 0 Å². The number of fused-ring (bicyclic) bond motifs is 1. The third-order valence-corrected chi connectivity index (χ3v) is 3.68. The highest BCUT2D eigenvalue weighted by molar-refractivity contribution is 9.10. The molecular weight excluding hydrogens is 254 g/mol. The summed E-state index contributed by atoms with van der Waals surface area (Å²) in [6.07, 6.45) is 0. The lowest BCUT2D eigenvalue weighted by molar-refractivity contribution is 1.55. The molecule has 0 aliphatic heterocycles. The van der Waals surface area contributed by atoms with Gasteiger partial charge in [-0.2, -0.15) is 0 Å². The second-order valence-corrected chi connectivity index (χ2v) is 4.71. The number of nitrogen functional groups attached to an aromatic ring is 1. The van der Waals surface area contributed by atoms with Crippen LogP contribution in [0.4, 0.5) is 5.69 Å². The van der Waals surface area contributed by atoms with Gasteiger partial charge < -0.3 is 5.73 Å². The molecule has 1 aromatic heterocycles. The highest BCUT2D eigenvalue weighted by Crippen LogP contribution is 2.36. The molecule has 1 aromatic carbocycles. The predicted molar refractivity (Wildman–Crippen MR) is 61.2 cm³/mol. The van der Waals surface area contributed by atoms with Gasteiger partial charge in [0.2, 0.25) is 0 Å². The van der Waals surface area contributed by atoms with E-state index in [0.29, 0.717) is 0 Å². The van der Waals surface area contributed by atoms with Crippen molar-refractivity contribution in [1.82, 2.24) is 0 Å². The number of rotatable bonds is 0. The Balaban J connectivity index is 2.97. The maximum atomic E-state index is 5.86. The first-order chi connectivity index (χ1) is 5.70. The largest absolute Gasteiger partial charge is 0.397 e. The monoisotopic (exact) mass is 259 g/mol. The van der Waals surface area contributed by atoms with Gasteiger partial charge in [0.25, 0.3) is 0 Å². The number of hydrogen-bond acceptors (Lipinski definition) is 3. The first kappa shape index (κ1) is 8.41. The summed E-state index contributed by atoms with van der Waals surface area (Å²) in [4.78, 5) is 0.965. The Morgan fingerprint density at radius 2 is 2.25 bits per heavy atom. The topological polar surface area (TPSA) is 26.0 Å². The average molecular weight is 260 g/mol. The van der Waals surface area contributed by atoms with Gasteiger partial charge in [-0.1, -0.05) is 0 Å². The Labute approximate surface area is 88.1 Å². The minimum absolute atomic E-state index is 0.804. The van der Waals surface area contributed by atoms with Crippen LogP contribution < -0.4 is 5.73 Å². The van der Waals surface area contributed by atoms with E-state index in [1.165, 1.54) is 0 Å². The van der Waals surface area contributed by atoms with Gasteiger partial charge >= 0.3 is 0 Å². The van der Waals surface area contributed by atoms with Crippen LogP contribution in [0.5, 0.6) is 0 Å². The summed E-state index contributed by atoms with van der Waals surface area (Å²) >= 11 is 9.38. The average Bonchev–Trinajstić information content (AvgIpc) is 2.48. The molecule has 4 heteroatoms. The van der Waals surface area contributed by atoms with Crippen molar-refractivity contribution >= 4 is 55.7 Å². The second kappa shape index (κ2) is 2.94. The number of thiol groups is 1. The summed E-state index contributed by atoms with van der Waals surface area (Å²) in [5.74, 6) is 0. The fourth-order valence-electron chi connectivity index (χ4n) is 1.10. The van der Waals surface area contributed by atoms with Gasteiger partial charge in [-0.25, -0.2) is 0 Å². The van der Waals surface area contributed by atoms with E-state index in [9.17, 15) is 0 Å². The lowest BCUT2D eigenvalue weighted by Gasteiger charge is -2.01. The number of hydrogen-bond donors (Lipinski definition) is 2. The molecule has 0 radical (unpaired) electrons. The summed E-state index contributed by atoms with van der Waals surface area (Å²) in [6, 6.07) is 3.96. The first-order valence-corrected chi connectivity index (χ1v) is 5.46. The molecule has 0 atom stereocenters. The minimum atomic E-state index is 0.804. The normalized spacial score (nSPS) is 10.8. The molecule has 0 aliphatic carbocycles. The van der Waals surface area contributed by atoms with Gasteiger partial charge in [-0.05, 0) is 33.4 Å². The van der Waals surface area contributed by atoms with Gasteiger partial charge in [0.1, 0.15) is 0 Å². The Bertz CT molecular complexity index is 436. The molecule has 1 nitrogen and oxygen atoms in total. The van der Waals surface area contributed by atoms with Crippen LogP contribution in [0, 0.1) is 0 Å². The summed E-state index contributed by atoms with van der Waals surface area (Å²) in [7, 11) is 0. The van der Waals surface area contributed by atoms with Crippen molar-refractivity contribution in [3.05, 3.63) is 22.0 Å². The molecule has 2 rings (SSSR count). The van der Waals surface area contributed by atoms with Crippen LogP contribution in [0.1, 0.15) is 0 Å². The number of anilines is 1. The zero-order chi connectivity index (χ0) is 8.72. The van der Waals surface area contributed by atoms with Crippen LogP contribution in [0.15, 0.2) is 26.9 Å². The second-order valence-electron chi connectivity index (χ2n) is 2.45. The number of benzene rings is 1. The zero-order valence-electron chi connectivity index (χ0n) is 6.04. The summed E-state index contributed by atoms with van der Waals surface area (Å²) in [5, 5.41) is 3.15. The molecule has 12 heavy (non-hydrogen) atoms. The molecule has 62 valence electrons. The molecule has 0 unspecified atom stereocenters. The van der Waals surface area contributed by atoms with Gasteiger partial charge in [0.05, 0.1) is 10.4 Å². The third-order valence-electron chi connectivity index (χ3n) is 1.71. The SMILES string of the molecule is Nc1c(Br)cc(S)c2ccsc12. The fourth-order valence-corrected chi connectivity index (χ4v) is 3.11. The predicted octanol–water partition coefficient (Wildman–Crippen LogP) is 3.53. The standard InChI is InChI=1S/C8H6BrNS2/c9-5-3-6(11)4-1-2-12-8(4)7(5)10/h1-3,11H,10H2. The molecule has 0 saturated carbocycles. The summed E-state index contributed by atoms with van der Waals surface area (Å²) < 4.78 is 2.02. The van der Waals surface area contributed by atoms with Crippen LogP contribution in [0.25, 0.3) is 10.1 Å². The van der Waals surface area contributed by atoms with Gasteiger partial charge in [-0.3, -0.25) is 0 Å². The van der Waals surface area contributed by atoms with Crippen molar-refractivity contribution in [1.29, 1.82) is 0 Å². The molecule has 2 N–H and O–H groups in total. The number of nitrogens with two attached hydrogens (primary N) is 1. The Kier molecular flexibility index (Phi) is 2.06. The van der Waals surface area contributed by atoms with Gasteiger partial charge in [-0.15, -0.1) is 24.0 Å². The van der Waals surface area contributed by atoms with E-state index in [1.54, 1.807) is 11.3 Å². The van der Waals surface area contributed by atoms with E-state index in [2.05, 4.69) is 28.6 Å². The van der Waals surface area contributed by atoms with Crippen molar-refractivity contribution in [2.24, 2.45) is 0 Å². The molecular formula is C8H6BrNS2. The van der Waals surface area contributed by atoms with E-state index >= 15 is 0 Å².